The highest BCUT2D eigenvalue weighted by molar-refractivity contribution is 5.58. The number of para-hydroxylation sites is 1. The molecule has 2 heterocycles. The van der Waals surface area contributed by atoms with Gasteiger partial charge in [-0.05, 0) is 31.2 Å². The molecule has 4 heteroatoms. The first-order chi connectivity index (χ1) is 9.83. The molecule has 0 saturated heterocycles. The molecular formula is C16H16N4. The van der Waals surface area contributed by atoms with Gasteiger partial charge < -0.3 is 9.88 Å². The molecule has 3 aromatic rings. The summed E-state index contributed by atoms with van der Waals surface area (Å²) in [6.07, 6.45) is 7.39. The molecule has 1 N–H and O–H groups in total. The van der Waals surface area contributed by atoms with Gasteiger partial charge in [-0.25, -0.2) is 4.98 Å². The van der Waals surface area contributed by atoms with Gasteiger partial charge >= 0.3 is 0 Å². The number of pyridine rings is 1. The number of hydrogen-bond donors (Lipinski definition) is 1. The van der Waals surface area contributed by atoms with E-state index in [9.17, 15) is 0 Å². The molecule has 1 unspecified atom stereocenters. The normalized spacial score (nSPS) is 12.1. The summed E-state index contributed by atoms with van der Waals surface area (Å²) < 4.78 is 2.03. The predicted octanol–water partition coefficient (Wildman–Crippen LogP) is 3.63. The molecule has 0 bridgehead atoms. The number of nitrogens with one attached hydrogen (secondary N) is 1. The third-order valence-electron chi connectivity index (χ3n) is 3.25. The lowest BCUT2D eigenvalue weighted by Crippen LogP contribution is -2.06. The highest BCUT2D eigenvalue weighted by Crippen LogP contribution is 2.19. The van der Waals surface area contributed by atoms with Crippen molar-refractivity contribution in [1.29, 1.82) is 0 Å². The Labute approximate surface area is 118 Å². The summed E-state index contributed by atoms with van der Waals surface area (Å²) in [4.78, 5) is 8.58. The first-order valence-electron chi connectivity index (χ1n) is 6.58. The van der Waals surface area contributed by atoms with Gasteiger partial charge in [-0.2, -0.15) is 0 Å². The van der Waals surface area contributed by atoms with E-state index in [1.54, 1.807) is 6.20 Å². The Hall–Kier alpha value is -2.62. The third-order valence-corrected chi connectivity index (χ3v) is 3.25. The lowest BCUT2D eigenvalue weighted by atomic mass is 10.2. The number of benzene rings is 1. The van der Waals surface area contributed by atoms with Crippen LogP contribution in [0.4, 0.5) is 11.4 Å². The van der Waals surface area contributed by atoms with Crippen molar-refractivity contribution in [3.63, 3.8) is 0 Å². The number of imidazole rings is 1. The molecule has 0 saturated carbocycles. The van der Waals surface area contributed by atoms with Gasteiger partial charge in [0.1, 0.15) is 0 Å². The van der Waals surface area contributed by atoms with Crippen LogP contribution < -0.4 is 5.32 Å². The molecule has 20 heavy (non-hydrogen) atoms. The van der Waals surface area contributed by atoms with E-state index >= 15 is 0 Å². The molecule has 3 rings (SSSR count). The monoisotopic (exact) mass is 264 g/mol. The van der Waals surface area contributed by atoms with Crippen LogP contribution in [0.15, 0.2) is 67.4 Å². The zero-order valence-corrected chi connectivity index (χ0v) is 11.3. The minimum absolute atomic E-state index is 0.184. The Bertz CT molecular complexity index is 645. The second-order valence-corrected chi connectivity index (χ2v) is 4.65. The number of anilines is 2. The van der Waals surface area contributed by atoms with Crippen molar-refractivity contribution in [3.8, 4) is 0 Å². The molecule has 0 spiro atoms. The second kappa shape index (κ2) is 5.57. The Balaban J connectivity index is 1.75. The number of nitrogens with zero attached hydrogens (tertiary/aromatic N) is 3. The fraction of sp³-hybridized carbons (Fsp3) is 0.125. The minimum atomic E-state index is 0.184. The standard InChI is InChI=1S/C16H16N4/c1-13(20-10-9-17-12-20)16-8-7-15(11-18-16)19-14-5-3-2-4-6-14/h2-13,19H,1H3. The average Bonchev–Trinajstić information content (AvgIpc) is 3.03. The largest absolute Gasteiger partial charge is 0.354 e. The molecule has 0 amide bonds. The summed E-state index contributed by atoms with van der Waals surface area (Å²) in [5.41, 5.74) is 3.06. The van der Waals surface area contributed by atoms with Crippen molar-refractivity contribution in [2.75, 3.05) is 5.32 Å². The van der Waals surface area contributed by atoms with Crippen LogP contribution in [0.25, 0.3) is 0 Å². The SMILES string of the molecule is CC(c1ccc(Nc2ccccc2)cn1)n1ccnc1. The van der Waals surface area contributed by atoms with Gasteiger partial charge in [0.15, 0.2) is 0 Å². The Morgan fingerprint density at radius 3 is 2.55 bits per heavy atom. The maximum atomic E-state index is 4.52. The van der Waals surface area contributed by atoms with Gasteiger partial charge in [0.25, 0.3) is 0 Å². The molecule has 100 valence electrons. The molecule has 4 nitrogen and oxygen atoms in total. The second-order valence-electron chi connectivity index (χ2n) is 4.65. The van der Waals surface area contributed by atoms with Crippen molar-refractivity contribution in [1.82, 2.24) is 14.5 Å². The van der Waals surface area contributed by atoms with Crippen molar-refractivity contribution < 1.29 is 0 Å². The van der Waals surface area contributed by atoms with Gasteiger partial charge in [0, 0.05) is 18.1 Å². The van der Waals surface area contributed by atoms with Crippen LogP contribution in [0.1, 0.15) is 18.7 Å². The molecule has 0 aliphatic carbocycles. The number of aromatic nitrogens is 3. The van der Waals surface area contributed by atoms with Crippen molar-refractivity contribution >= 4 is 11.4 Å². The van der Waals surface area contributed by atoms with Gasteiger partial charge in [0.05, 0.1) is 29.9 Å². The van der Waals surface area contributed by atoms with Gasteiger partial charge in [-0.15, -0.1) is 0 Å². The zero-order chi connectivity index (χ0) is 13.8. The molecule has 1 atom stereocenters. The summed E-state index contributed by atoms with van der Waals surface area (Å²) in [6.45, 7) is 2.11. The molecular weight excluding hydrogens is 248 g/mol. The fourth-order valence-electron chi connectivity index (χ4n) is 2.07. The van der Waals surface area contributed by atoms with E-state index in [4.69, 9.17) is 0 Å². The molecule has 0 aliphatic heterocycles. The van der Waals surface area contributed by atoms with Crippen LogP contribution in [-0.4, -0.2) is 14.5 Å². The topological polar surface area (TPSA) is 42.7 Å². The summed E-state index contributed by atoms with van der Waals surface area (Å²) >= 11 is 0. The number of rotatable bonds is 4. The molecule has 0 fully saturated rings. The van der Waals surface area contributed by atoms with Gasteiger partial charge in [-0.3, -0.25) is 4.98 Å². The first kappa shape index (κ1) is 12.4. The lowest BCUT2D eigenvalue weighted by Gasteiger charge is -2.13. The Kier molecular flexibility index (Phi) is 3.46. The van der Waals surface area contributed by atoms with E-state index in [-0.39, 0.29) is 6.04 Å². The summed E-state index contributed by atoms with van der Waals surface area (Å²) in [5, 5.41) is 3.32. The molecule has 2 aromatic heterocycles. The van der Waals surface area contributed by atoms with Crippen LogP contribution in [-0.2, 0) is 0 Å². The quantitative estimate of drug-likeness (QED) is 0.782. The van der Waals surface area contributed by atoms with Crippen LogP contribution in [0.3, 0.4) is 0 Å². The number of hydrogen-bond acceptors (Lipinski definition) is 3. The van der Waals surface area contributed by atoms with E-state index in [1.807, 2.05) is 65.8 Å². The average molecular weight is 264 g/mol. The highest BCUT2D eigenvalue weighted by atomic mass is 15.1. The van der Waals surface area contributed by atoms with Crippen LogP contribution >= 0.6 is 0 Å². The van der Waals surface area contributed by atoms with Crippen molar-refractivity contribution in [2.45, 2.75) is 13.0 Å². The predicted molar refractivity (Wildman–Crippen MR) is 80.0 cm³/mol. The Morgan fingerprint density at radius 1 is 1.05 bits per heavy atom. The third kappa shape index (κ3) is 2.69. The lowest BCUT2D eigenvalue weighted by molar-refractivity contribution is 0.620. The molecule has 0 aliphatic rings. The summed E-state index contributed by atoms with van der Waals surface area (Å²) in [6, 6.07) is 14.3. The van der Waals surface area contributed by atoms with E-state index in [0.717, 1.165) is 17.1 Å². The smallest absolute Gasteiger partial charge is 0.0952 e. The van der Waals surface area contributed by atoms with Gasteiger partial charge in [0.2, 0.25) is 0 Å². The highest BCUT2D eigenvalue weighted by Gasteiger charge is 2.08. The Morgan fingerprint density at radius 2 is 1.90 bits per heavy atom. The van der Waals surface area contributed by atoms with Crippen LogP contribution in [0.2, 0.25) is 0 Å². The molecule has 0 radical (unpaired) electrons. The van der Waals surface area contributed by atoms with Crippen molar-refractivity contribution in [2.24, 2.45) is 0 Å². The summed E-state index contributed by atoms with van der Waals surface area (Å²) in [5.74, 6) is 0. The fourth-order valence-corrected chi connectivity index (χ4v) is 2.07. The van der Waals surface area contributed by atoms with Crippen LogP contribution in [0.5, 0.6) is 0 Å². The maximum absolute atomic E-state index is 4.52. The van der Waals surface area contributed by atoms with E-state index in [2.05, 4.69) is 22.2 Å². The van der Waals surface area contributed by atoms with Crippen LogP contribution in [0, 0.1) is 0 Å². The summed E-state index contributed by atoms with van der Waals surface area (Å²) in [7, 11) is 0. The van der Waals surface area contributed by atoms with E-state index in [1.165, 1.54) is 0 Å². The maximum Gasteiger partial charge on any atom is 0.0952 e. The van der Waals surface area contributed by atoms with E-state index in [0.29, 0.717) is 0 Å². The first-order valence-corrected chi connectivity index (χ1v) is 6.58. The zero-order valence-electron chi connectivity index (χ0n) is 11.3. The van der Waals surface area contributed by atoms with Gasteiger partial charge in [-0.1, -0.05) is 18.2 Å². The minimum Gasteiger partial charge on any atom is -0.354 e. The molecule has 1 aromatic carbocycles. The van der Waals surface area contributed by atoms with E-state index < -0.39 is 0 Å². The van der Waals surface area contributed by atoms with Crippen molar-refractivity contribution in [3.05, 3.63) is 73.1 Å².